The Kier molecular flexibility index (Phi) is 4.68. The molecule has 1 N–H and O–H groups in total. The molecule has 5 heteroatoms. The Hall–Kier alpha value is -1.98. The van der Waals surface area contributed by atoms with Crippen LogP contribution >= 0.6 is 0 Å². The van der Waals surface area contributed by atoms with E-state index in [2.05, 4.69) is 17.1 Å². The molecule has 5 nitrogen and oxygen atoms in total. The van der Waals surface area contributed by atoms with Crippen molar-refractivity contribution < 1.29 is 9.53 Å². The third kappa shape index (κ3) is 3.26. The second kappa shape index (κ2) is 7.10. The molecule has 0 saturated carbocycles. The summed E-state index contributed by atoms with van der Waals surface area (Å²) in [5.41, 5.74) is 3.92. The van der Waals surface area contributed by atoms with Crippen molar-refractivity contribution >= 4 is 16.8 Å². The number of benzene rings is 1. The lowest BCUT2D eigenvalue weighted by Gasteiger charge is -2.29. The summed E-state index contributed by atoms with van der Waals surface area (Å²) in [5, 5.41) is 4.11. The minimum Gasteiger partial charge on any atom is -0.381 e. The lowest BCUT2D eigenvalue weighted by Crippen LogP contribution is -2.35. The zero-order chi connectivity index (χ0) is 17.2. The molecule has 25 heavy (non-hydrogen) atoms. The third-order valence-electron chi connectivity index (χ3n) is 5.38. The monoisotopic (exact) mass is 339 g/mol. The first-order valence-electron chi connectivity index (χ1n) is 9.25. The summed E-state index contributed by atoms with van der Waals surface area (Å²) in [6.45, 7) is 7.21. The number of likely N-dealkylation sites (N-methyl/N-ethyl adjacent to an activating group) is 1. The van der Waals surface area contributed by atoms with Gasteiger partial charge in [0.25, 0.3) is 5.91 Å². The van der Waals surface area contributed by atoms with Gasteiger partial charge >= 0.3 is 0 Å². The van der Waals surface area contributed by atoms with Crippen LogP contribution in [0.25, 0.3) is 10.9 Å². The summed E-state index contributed by atoms with van der Waals surface area (Å²) in [6.07, 6.45) is 1.93. The molecule has 1 aromatic heterocycles. The SMILES string of the molecule is CCN1CCc2nc3ccccc3c(C(=O)NCC3CCOC3)c2C1. The van der Waals surface area contributed by atoms with E-state index in [0.717, 1.165) is 73.4 Å². The van der Waals surface area contributed by atoms with Crippen molar-refractivity contribution in [2.45, 2.75) is 26.3 Å². The van der Waals surface area contributed by atoms with Crippen molar-refractivity contribution in [2.75, 3.05) is 32.8 Å². The van der Waals surface area contributed by atoms with E-state index in [0.29, 0.717) is 12.5 Å². The van der Waals surface area contributed by atoms with Gasteiger partial charge in [0.15, 0.2) is 0 Å². The fraction of sp³-hybridized carbons (Fsp3) is 0.500. The van der Waals surface area contributed by atoms with Crippen molar-refractivity contribution in [1.82, 2.24) is 15.2 Å². The van der Waals surface area contributed by atoms with Crippen LogP contribution in [-0.2, 0) is 17.7 Å². The predicted octanol–water partition coefficient (Wildman–Crippen LogP) is 2.38. The van der Waals surface area contributed by atoms with Gasteiger partial charge < -0.3 is 10.1 Å². The van der Waals surface area contributed by atoms with E-state index in [1.165, 1.54) is 0 Å². The second-order valence-electron chi connectivity index (χ2n) is 6.99. The molecule has 132 valence electrons. The Labute approximate surface area is 148 Å². The Bertz CT molecular complexity index is 784. The quantitative estimate of drug-likeness (QED) is 0.929. The second-order valence-corrected chi connectivity index (χ2v) is 6.99. The molecular weight excluding hydrogens is 314 g/mol. The number of hydrogen-bond donors (Lipinski definition) is 1. The van der Waals surface area contributed by atoms with Crippen LogP contribution in [0.15, 0.2) is 24.3 Å². The lowest BCUT2D eigenvalue weighted by atomic mass is 9.95. The van der Waals surface area contributed by atoms with E-state index in [4.69, 9.17) is 9.72 Å². The lowest BCUT2D eigenvalue weighted by molar-refractivity contribution is 0.0943. The molecule has 1 saturated heterocycles. The topological polar surface area (TPSA) is 54.5 Å². The van der Waals surface area contributed by atoms with E-state index in [9.17, 15) is 4.79 Å². The maximum atomic E-state index is 13.1. The summed E-state index contributed by atoms with van der Waals surface area (Å²) in [7, 11) is 0. The zero-order valence-corrected chi connectivity index (χ0v) is 14.8. The maximum absolute atomic E-state index is 13.1. The van der Waals surface area contributed by atoms with Gasteiger partial charge in [-0.15, -0.1) is 0 Å². The zero-order valence-electron chi connectivity index (χ0n) is 14.8. The van der Waals surface area contributed by atoms with Crippen molar-refractivity contribution in [3.63, 3.8) is 0 Å². The van der Waals surface area contributed by atoms with E-state index >= 15 is 0 Å². The van der Waals surface area contributed by atoms with Gasteiger partial charge in [-0.1, -0.05) is 25.1 Å². The van der Waals surface area contributed by atoms with E-state index < -0.39 is 0 Å². The van der Waals surface area contributed by atoms with Gasteiger partial charge in [-0.25, -0.2) is 0 Å². The Morgan fingerprint density at radius 2 is 2.28 bits per heavy atom. The Balaban J connectivity index is 1.70. The molecule has 0 radical (unpaired) electrons. The number of fused-ring (bicyclic) bond motifs is 2. The number of pyridine rings is 1. The Morgan fingerprint density at radius 1 is 1.40 bits per heavy atom. The van der Waals surface area contributed by atoms with Gasteiger partial charge in [0.1, 0.15) is 0 Å². The molecule has 0 spiro atoms. The summed E-state index contributed by atoms with van der Waals surface area (Å²) >= 11 is 0. The highest BCUT2D eigenvalue weighted by atomic mass is 16.5. The smallest absolute Gasteiger partial charge is 0.252 e. The summed E-state index contributed by atoms with van der Waals surface area (Å²) in [4.78, 5) is 20.3. The molecule has 1 amide bonds. The van der Waals surface area contributed by atoms with Crippen LogP contribution in [-0.4, -0.2) is 48.6 Å². The van der Waals surface area contributed by atoms with Gasteiger partial charge in [-0.05, 0) is 19.0 Å². The summed E-state index contributed by atoms with van der Waals surface area (Å²) in [6, 6.07) is 7.99. The van der Waals surface area contributed by atoms with Crippen molar-refractivity contribution in [3.05, 3.63) is 41.1 Å². The fourth-order valence-corrected chi connectivity index (χ4v) is 3.85. The average Bonchev–Trinajstić information content (AvgIpc) is 3.17. The fourth-order valence-electron chi connectivity index (χ4n) is 3.85. The number of aromatic nitrogens is 1. The van der Waals surface area contributed by atoms with Gasteiger partial charge in [-0.2, -0.15) is 0 Å². The third-order valence-corrected chi connectivity index (χ3v) is 5.38. The first-order chi connectivity index (χ1) is 12.3. The number of rotatable bonds is 4. The first kappa shape index (κ1) is 16.5. The number of hydrogen-bond acceptors (Lipinski definition) is 4. The Morgan fingerprint density at radius 3 is 3.08 bits per heavy atom. The average molecular weight is 339 g/mol. The number of carbonyl (C=O) groups is 1. The first-order valence-corrected chi connectivity index (χ1v) is 9.25. The number of para-hydroxylation sites is 1. The molecule has 0 bridgehead atoms. The molecule has 4 rings (SSSR count). The van der Waals surface area contributed by atoms with Crippen LogP contribution in [0.4, 0.5) is 0 Å². The number of ether oxygens (including phenoxy) is 1. The minimum absolute atomic E-state index is 0.0275. The van der Waals surface area contributed by atoms with E-state index in [-0.39, 0.29) is 5.91 Å². The largest absolute Gasteiger partial charge is 0.381 e. The molecule has 2 aliphatic heterocycles. The highest BCUT2D eigenvalue weighted by molar-refractivity contribution is 6.07. The van der Waals surface area contributed by atoms with Crippen LogP contribution in [0, 0.1) is 5.92 Å². The van der Waals surface area contributed by atoms with Gasteiger partial charge in [0.2, 0.25) is 0 Å². The number of amides is 1. The van der Waals surface area contributed by atoms with Crippen LogP contribution < -0.4 is 5.32 Å². The minimum atomic E-state index is 0.0275. The van der Waals surface area contributed by atoms with Gasteiger partial charge in [0.05, 0.1) is 17.7 Å². The number of nitrogens with zero attached hydrogens (tertiary/aromatic N) is 2. The maximum Gasteiger partial charge on any atom is 0.252 e. The standard InChI is InChI=1S/C20H25N3O2/c1-2-23-9-7-18-16(12-23)19(15-5-3-4-6-17(15)22-18)20(24)21-11-14-8-10-25-13-14/h3-6,14H,2,7-13H2,1H3,(H,21,24). The van der Waals surface area contributed by atoms with Crippen molar-refractivity contribution in [3.8, 4) is 0 Å². The van der Waals surface area contributed by atoms with Crippen LogP contribution in [0.1, 0.15) is 35.0 Å². The summed E-state index contributed by atoms with van der Waals surface area (Å²) in [5.74, 6) is 0.458. The van der Waals surface area contributed by atoms with Crippen LogP contribution in [0.5, 0.6) is 0 Å². The van der Waals surface area contributed by atoms with Gasteiger partial charge in [-0.3, -0.25) is 14.7 Å². The molecule has 0 aliphatic carbocycles. The molecule has 1 fully saturated rings. The number of nitrogens with one attached hydrogen (secondary N) is 1. The molecule has 2 aliphatic rings. The van der Waals surface area contributed by atoms with Crippen LogP contribution in [0.2, 0.25) is 0 Å². The molecule has 1 atom stereocenters. The van der Waals surface area contributed by atoms with Crippen molar-refractivity contribution in [2.24, 2.45) is 5.92 Å². The molecule has 2 aromatic rings. The van der Waals surface area contributed by atoms with Crippen LogP contribution in [0.3, 0.4) is 0 Å². The molecular formula is C20H25N3O2. The van der Waals surface area contributed by atoms with Gasteiger partial charge in [0, 0.05) is 55.2 Å². The van der Waals surface area contributed by atoms with Crippen molar-refractivity contribution in [1.29, 1.82) is 0 Å². The van der Waals surface area contributed by atoms with E-state index in [1.54, 1.807) is 0 Å². The normalized spacial score (nSPS) is 20.6. The summed E-state index contributed by atoms with van der Waals surface area (Å²) < 4.78 is 5.42. The highest BCUT2D eigenvalue weighted by Gasteiger charge is 2.26. The predicted molar refractivity (Wildman–Crippen MR) is 97.7 cm³/mol. The van der Waals surface area contributed by atoms with E-state index in [1.807, 2.05) is 24.3 Å². The highest BCUT2D eigenvalue weighted by Crippen LogP contribution is 2.28. The molecule has 1 unspecified atom stereocenters. The molecule has 3 heterocycles. The number of carbonyl (C=O) groups excluding carboxylic acids is 1. The molecule has 1 aromatic carbocycles.